The highest BCUT2D eigenvalue weighted by Crippen LogP contribution is 2.35. The molecule has 1 aromatic rings. The smallest absolute Gasteiger partial charge is 0.448 e. The lowest BCUT2D eigenvalue weighted by Crippen LogP contribution is -2.58. The van der Waals surface area contributed by atoms with Gasteiger partial charge in [0.05, 0.1) is 23.3 Å². The molecular formula is C19H24N4O4S. The van der Waals surface area contributed by atoms with Gasteiger partial charge < -0.3 is 14.8 Å². The lowest BCUT2D eigenvalue weighted by molar-refractivity contribution is -0.157. The van der Waals surface area contributed by atoms with E-state index in [0.29, 0.717) is 38.0 Å². The van der Waals surface area contributed by atoms with Gasteiger partial charge in [0.15, 0.2) is 0 Å². The molecular weight excluding hydrogens is 380 g/mol. The Hall–Kier alpha value is -2.28. The van der Waals surface area contributed by atoms with Gasteiger partial charge in [-0.3, -0.25) is 10.1 Å². The van der Waals surface area contributed by atoms with Gasteiger partial charge in [0.1, 0.15) is 0 Å². The Bertz CT molecular complexity index is 773. The lowest BCUT2D eigenvalue weighted by atomic mass is 9.96. The van der Waals surface area contributed by atoms with Crippen molar-refractivity contribution in [3.05, 3.63) is 35.4 Å². The van der Waals surface area contributed by atoms with E-state index in [1.807, 2.05) is 29.4 Å². The molecule has 2 saturated heterocycles. The van der Waals surface area contributed by atoms with Crippen LogP contribution in [0.25, 0.3) is 0 Å². The van der Waals surface area contributed by atoms with Crippen molar-refractivity contribution < 1.29 is 19.5 Å². The van der Waals surface area contributed by atoms with E-state index in [0.717, 1.165) is 17.7 Å². The Morgan fingerprint density at radius 3 is 2.79 bits per heavy atom. The van der Waals surface area contributed by atoms with Crippen LogP contribution in [-0.4, -0.2) is 63.9 Å². The average molecular weight is 404 g/mol. The maximum Gasteiger partial charge on any atom is 0.525 e. The molecule has 0 saturated carbocycles. The van der Waals surface area contributed by atoms with Crippen molar-refractivity contribution >= 4 is 23.8 Å². The molecule has 1 aromatic carbocycles. The monoisotopic (exact) mass is 404 g/mol. The van der Waals surface area contributed by atoms with Gasteiger partial charge in [-0.1, -0.05) is 18.2 Å². The zero-order chi connectivity index (χ0) is 20.1. The van der Waals surface area contributed by atoms with Gasteiger partial charge in [-0.2, -0.15) is 17.0 Å². The third-order valence-electron chi connectivity index (χ3n) is 5.36. The van der Waals surface area contributed by atoms with E-state index in [1.165, 1.54) is 5.06 Å². The quantitative estimate of drug-likeness (QED) is 0.742. The third-order valence-corrected chi connectivity index (χ3v) is 6.00. The van der Waals surface area contributed by atoms with Gasteiger partial charge in [-0.05, 0) is 30.1 Å². The molecule has 9 heteroatoms. The van der Waals surface area contributed by atoms with E-state index >= 15 is 0 Å². The minimum Gasteiger partial charge on any atom is -0.448 e. The van der Waals surface area contributed by atoms with Crippen molar-refractivity contribution in [1.82, 2.24) is 15.3 Å². The summed E-state index contributed by atoms with van der Waals surface area (Å²) in [7, 11) is 0. The highest BCUT2D eigenvalue weighted by atomic mass is 32.2. The molecule has 0 aromatic heterocycles. The molecule has 2 aliphatic rings. The van der Waals surface area contributed by atoms with Crippen LogP contribution in [0.5, 0.6) is 0 Å². The van der Waals surface area contributed by atoms with E-state index in [-0.39, 0.29) is 11.9 Å². The zero-order valence-electron chi connectivity index (χ0n) is 15.8. The van der Waals surface area contributed by atoms with Crippen LogP contribution >= 0.6 is 11.8 Å². The van der Waals surface area contributed by atoms with E-state index in [9.17, 15) is 14.9 Å². The van der Waals surface area contributed by atoms with Crippen LogP contribution in [0.2, 0.25) is 0 Å². The first-order chi connectivity index (χ1) is 13.5. The van der Waals surface area contributed by atoms with Crippen LogP contribution in [-0.2, 0) is 16.2 Å². The topological polar surface area (TPSA) is 106 Å². The van der Waals surface area contributed by atoms with Crippen molar-refractivity contribution in [3.63, 3.8) is 0 Å². The zero-order valence-corrected chi connectivity index (χ0v) is 16.6. The number of nitrogens with one attached hydrogen (secondary N) is 1. The van der Waals surface area contributed by atoms with Gasteiger partial charge >= 0.3 is 6.16 Å². The molecule has 0 radical (unpaired) electrons. The van der Waals surface area contributed by atoms with Crippen LogP contribution in [0, 0.1) is 11.3 Å². The van der Waals surface area contributed by atoms with Gasteiger partial charge in [-0.25, -0.2) is 4.79 Å². The molecule has 1 spiro atoms. The van der Waals surface area contributed by atoms with Crippen molar-refractivity contribution in [3.8, 4) is 6.07 Å². The standard InChI is InChI=1S/C19H24N4O4S/c1-28-11-6-16-17(24)23(13-15-5-3-2-4-14(15)12-20)19(21-16)7-9-22(10-8-19)27-18(25)26/h2-5,16,21H,6-11,13H2,1H3,(H,25,26). The van der Waals surface area contributed by atoms with Gasteiger partial charge in [0, 0.05) is 32.5 Å². The van der Waals surface area contributed by atoms with Crippen molar-refractivity contribution in [2.45, 2.75) is 37.5 Å². The highest BCUT2D eigenvalue weighted by Gasteiger charge is 2.51. The normalized spacial score (nSPS) is 21.6. The molecule has 3 rings (SSSR count). The Morgan fingerprint density at radius 2 is 2.14 bits per heavy atom. The molecule has 1 unspecified atom stereocenters. The number of amides is 1. The first-order valence-electron chi connectivity index (χ1n) is 9.21. The number of hydroxylamine groups is 2. The summed E-state index contributed by atoms with van der Waals surface area (Å²) in [4.78, 5) is 30.6. The number of nitrogens with zero attached hydrogens (tertiary/aromatic N) is 3. The van der Waals surface area contributed by atoms with Crippen molar-refractivity contribution in [2.24, 2.45) is 0 Å². The number of carboxylic acid groups (broad SMARTS) is 1. The number of thioether (sulfide) groups is 1. The molecule has 1 atom stereocenters. The number of carbonyl (C=O) groups is 2. The predicted molar refractivity (Wildman–Crippen MR) is 104 cm³/mol. The summed E-state index contributed by atoms with van der Waals surface area (Å²) in [6.45, 7) is 1.15. The van der Waals surface area contributed by atoms with Crippen LogP contribution in [0.1, 0.15) is 30.4 Å². The number of benzene rings is 1. The van der Waals surface area contributed by atoms with E-state index in [1.54, 1.807) is 17.8 Å². The van der Waals surface area contributed by atoms with E-state index in [2.05, 4.69) is 11.4 Å². The summed E-state index contributed by atoms with van der Waals surface area (Å²) < 4.78 is 0. The fraction of sp³-hybridized carbons (Fsp3) is 0.526. The number of hydrogen-bond acceptors (Lipinski definition) is 7. The second-order valence-electron chi connectivity index (χ2n) is 6.99. The number of hydrogen-bond donors (Lipinski definition) is 2. The molecule has 2 aliphatic heterocycles. The Labute approximate surface area is 168 Å². The van der Waals surface area contributed by atoms with Gasteiger partial charge in [-0.15, -0.1) is 5.06 Å². The van der Waals surface area contributed by atoms with Gasteiger partial charge in [0.25, 0.3) is 0 Å². The molecule has 2 N–H and O–H groups in total. The molecule has 28 heavy (non-hydrogen) atoms. The SMILES string of the molecule is CSCCC1NC2(CCN(OC(=O)O)CC2)N(Cc2ccccc2C#N)C1=O. The Balaban J connectivity index is 1.82. The summed E-state index contributed by atoms with van der Waals surface area (Å²) in [6.07, 6.45) is 2.52. The van der Waals surface area contributed by atoms with Crippen molar-refractivity contribution in [1.29, 1.82) is 5.26 Å². The summed E-state index contributed by atoms with van der Waals surface area (Å²) in [6, 6.07) is 9.23. The maximum atomic E-state index is 13.2. The van der Waals surface area contributed by atoms with Crippen molar-refractivity contribution in [2.75, 3.05) is 25.1 Å². The molecule has 150 valence electrons. The van der Waals surface area contributed by atoms with E-state index < -0.39 is 11.8 Å². The molecule has 8 nitrogen and oxygen atoms in total. The fourth-order valence-corrected chi connectivity index (χ4v) is 4.40. The van der Waals surface area contributed by atoms with Crippen LogP contribution in [0.15, 0.2) is 24.3 Å². The minimum absolute atomic E-state index is 0.0365. The number of rotatable bonds is 6. The predicted octanol–water partition coefficient (Wildman–Crippen LogP) is 2.01. The maximum absolute atomic E-state index is 13.2. The summed E-state index contributed by atoms with van der Waals surface area (Å²) in [5.41, 5.74) is 0.820. The average Bonchev–Trinajstić information content (AvgIpc) is 2.94. The second-order valence-corrected chi connectivity index (χ2v) is 7.98. The molecule has 2 fully saturated rings. The number of piperidine rings is 1. The van der Waals surface area contributed by atoms with Crippen LogP contribution < -0.4 is 5.32 Å². The Morgan fingerprint density at radius 1 is 1.43 bits per heavy atom. The highest BCUT2D eigenvalue weighted by molar-refractivity contribution is 7.98. The summed E-state index contributed by atoms with van der Waals surface area (Å²) >= 11 is 1.70. The second kappa shape index (κ2) is 8.82. The van der Waals surface area contributed by atoms with E-state index in [4.69, 9.17) is 9.94 Å². The largest absolute Gasteiger partial charge is 0.525 e. The first kappa shape index (κ1) is 20.5. The van der Waals surface area contributed by atoms with Gasteiger partial charge in [0.2, 0.25) is 5.91 Å². The first-order valence-corrected chi connectivity index (χ1v) is 10.6. The fourth-order valence-electron chi connectivity index (χ4n) is 3.93. The summed E-state index contributed by atoms with van der Waals surface area (Å²) in [5.74, 6) is 0.908. The Kier molecular flexibility index (Phi) is 6.44. The summed E-state index contributed by atoms with van der Waals surface area (Å²) in [5, 5.41) is 23.2. The molecule has 0 bridgehead atoms. The molecule has 1 amide bonds. The lowest BCUT2D eigenvalue weighted by Gasteiger charge is -2.43. The number of carbonyl (C=O) groups excluding carboxylic acids is 1. The van der Waals surface area contributed by atoms with Crippen LogP contribution in [0.4, 0.5) is 4.79 Å². The van der Waals surface area contributed by atoms with Crippen LogP contribution in [0.3, 0.4) is 0 Å². The molecule has 0 aliphatic carbocycles. The minimum atomic E-state index is -1.33. The number of nitriles is 1. The molecule has 2 heterocycles. The third kappa shape index (κ3) is 4.24.